The third-order valence-electron chi connectivity index (χ3n) is 5.28. The highest BCUT2D eigenvalue weighted by Gasteiger charge is 2.34. The minimum Gasteiger partial charge on any atom is -0.329 e. The number of benzene rings is 3. The maximum absolute atomic E-state index is 13.6. The molecular weight excluding hydrogens is 473 g/mol. The smallest absolute Gasteiger partial charge is 0.209 e. The first-order chi connectivity index (χ1) is 14.1. The number of nitrogens with zero attached hydrogens (tertiary/aromatic N) is 2. The molecule has 0 aliphatic carbocycles. The second kappa shape index (κ2) is 7.15. The first-order valence-electron chi connectivity index (χ1n) is 9.43. The van der Waals surface area contributed by atoms with Gasteiger partial charge in [0.2, 0.25) is 5.95 Å². The highest BCUT2D eigenvalue weighted by molar-refractivity contribution is 14.1. The monoisotopic (exact) mass is 491 g/mol. The number of hydrogen-bond acceptors (Lipinski definition) is 3. The van der Waals surface area contributed by atoms with Gasteiger partial charge in [-0.1, -0.05) is 54.6 Å². The van der Waals surface area contributed by atoms with E-state index in [2.05, 4.69) is 56.7 Å². The average Bonchev–Trinajstić information content (AvgIpc) is 3.10. The summed E-state index contributed by atoms with van der Waals surface area (Å²) < 4.78 is 3.28. The van der Waals surface area contributed by atoms with Crippen LogP contribution in [0.4, 0.5) is 5.95 Å². The van der Waals surface area contributed by atoms with Gasteiger partial charge in [0.1, 0.15) is 0 Å². The Kier molecular flexibility index (Phi) is 4.47. The van der Waals surface area contributed by atoms with Crippen LogP contribution in [-0.4, -0.2) is 15.3 Å². The normalized spacial score (nSPS) is 15.9. The zero-order chi connectivity index (χ0) is 20.0. The Labute approximate surface area is 182 Å². The second-order valence-corrected chi connectivity index (χ2v) is 8.36. The molecule has 3 aromatic carbocycles. The van der Waals surface area contributed by atoms with E-state index in [0.717, 1.165) is 37.4 Å². The first kappa shape index (κ1) is 18.1. The minimum atomic E-state index is -0.249. The summed E-state index contributed by atoms with van der Waals surface area (Å²) in [6, 6.07) is 25.6. The molecule has 29 heavy (non-hydrogen) atoms. The predicted molar refractivity (Wildman–Crippen MR) is 124 cm³/mol. The van der Waals surface area contributed by atoms with Crippen molar-refractivity contribution in [2.75, 3.05) is 5.32 Å². The van der Waals surface area contributed by atoms with Crippen LogP contribution >= 0.6 is 22.6 Å². The fraction of sp³-hybridized carbons (Fsp3) is 0.0833. The maximum atomic E-state index is 13.6. The zero-order valence-electron chi connectivity index (χ0n) is 15.8. The first-order valence-corrected chi connectivity index (χ1v) is 10.5. The lowest BCUT2D eigenvalue weighted by atomic mass is 9.89. The third-order valence-corrected chi connectivity index (χ3v) is 5.95. The predicted octanol–water partition coefficient (Wildman–Crippen LogP) is 5.81. The molecule has 1 aliphatic heterocycles. The Morgan fingerprint density at radius 3 is 2.55 bits per heavy atom. The van der Waals surface area contributed by atoms with E-state index < -0.39 is 0 Å². The van der Waals surface area contributed by atoms with Crippen molar-refractivity contribution in [1.82, 2.24) is 9.55 Å². The number of anilines is 1. The molecular formula is C24H18IN3O. The molecule has 0 saturated carbocycles. The van der Waals surface area contributed by atoms with Crippen molar-refractivity contribution in [2.24, 2.45) is 0 Å². The molecule has 1 aliphatic rings. The molecule has 1 N–H and O–H groups in total. The standard InChI is InChI=1S/C24H18IN3O/c1-15-21(23(29)16-8-3-2-4-9-16)22(17-10-7-11-18(25)14-17)28-20-13-6-5-12-19(20)27-24(28)26-15/h2-14,22H,1H3,(H,26,27). The number of para-hydroxylation sites is 2. The molecule has 0 spiro atoms. The maximum Gasteiger partial charge on any atom is 0.209 e. The van der Waals surface area contributed by atoms with Gasteiger partial charge in [0.25, 0.3) is 0 Å². The number of allylic oxidation sites excluding steroid dienone is 2. The summed E-state index contributed by atoms with van der Waals surface area (Å²) in [5.41, 5.74) is 5.25. The van der Waals surface area contributed by atoms with Crippen molar-refractivity contribution in [3.63, 3.8) is 0 Å². The van der Waals surface area contributed by atoms with Gasteiger partial charge in [-0.3, -0.25) is 9.36 Å². The molecule has 4 aromatic rings. The lowest BCUT2D eigenvalue weighted by Gasteiger charge is -2.31. The summed E-state index contributed by atoms with van der Waals surface area (Å²) in [6.45, 7) is 1.96. The molecule has 1 aromatic heterocycles. The van der Waals surface area contributed by atoms with E-state index in [1.54, 1.807) is 0 Å². The van der Waals surface area contributed by atoms with Crippen LogP contribution in [-0.2, 0) is 0 Å². The molecule has 1 unspecified atom stereocenters. The number of carbonyl (C=O) groups excluding carboxylic acids is 1. The van der Waals surface area contributed by atoms with Crippen molar-refractivity contribution in [2.45, 2.75) is 13.0 Å². The van der Waals surface area contributed by atoms with Crippen LogP contribution in [0.1, 0.15) is 28.9 Å². The van der Waals surface area contributed by atoms with E-state index in [0.29, 0.717) is 5.56 Å². The summed E-state index contributed by atoms with van der Waals surface area (Å²) in [5, 5.41) is 3.37. The molecule has 2 heterocycles. The van der Waals surface area contributed by atoms with Crippen molar-refractivity contribution in [1.29, 1.82) is 0 Å². The van der Waals surface area contributed by atoms with E-state index in [1.165, 1.54) is 0 Å². The Bertz CT molecular complexity index is 1270. The Morgan fingerprint density at radius 1 is 1.00 bits per heavy atom. The molecule has 5 rings (SSSR count). The SMILES string of the molecule is CC1=C(C(=O)c2ccccc2)C(c2cccc(I)c2)n2c(nc3ccccc32)N1. The van der Waals surface area contributed by atoms with Crippen LogP contribution in [0.5, 0.6) is 0 Å². The molecule has 142 valence electrons. The van der Waals surface area contributed by atoms with Crippen molar-refractivity contribution < 1.29 is 4.79 Å². The van der Waals surface area contributed by atoms with E-state index in [1.807, 2.05) is 61.5 Å². The summed E-state index contributed by atoms with van der Waals surface area (Å²) in [5.74, 6) is 0.792. The van der Waals surface area contributed by atoms with Gasteiger partial charge in [0.15, 0.2) is 5.78 Å². The van der Waals surface area contributed by atoms with Crippen LogP contribution in [0.15, 0.2) is 90.1 Å². The van der Waals surface area contributed by atoms with Gasteiger partial charge in [-0.2, -0.15) is 0 Å². The van der Waals surface area contributed by atoms with Crippen molar-refractivity contribution in [3.05, 3.63) is 105 Å². The van der Waals surface area contributed by atoms with Crippen LogP contribution in [0.25, 0.3) is 11.0 Å². The molecule has 1 atom stereocenters. The number of ketones is 1. The number of rotatable bonds is 3. The summed E-state index contributed by atoms with van der Waals surface area (Å²) in [6.07, 6.45) is 0. The number of halogens is 1. The molecule has 0 amide bonds. The van der Waals surface area contributed by atoms with Gasteiger partial charge in [-0.05, 0) is 59.3 Å². The number of Topliss-reactive ketones (excluding diaryl/α,β-unsaturated/α-hetero) is 1. The highest BCUT2D eigenvalue weighted by Crippen LogP contribution is 2.40. The number of hydrogen-bond donors (Lipinski definition) is 1. The van der Waals surface area contributed by atoms with E-state index >= 15 is 0 Å². The third kappa shape index (κ3) is 3.06. The van der Waals surface area contributed by atoms with Gasteiger partial charge in [-0.25, -0.2) is 4.98 Å². The van der Waals surface area contributed by atoms with Gasteiger partial charge in [0.05, 0.1) is 17.1 Å². The second-order valence-electron chi connectivity index (χ2n) is 7.11. The van der Waals surface area contributed by atoms with Crippen LogP contribution in [0.3, 0.4) is 0 Å². The number of carbonyl (C=O) groups is 1. The number of imidazole rings is 1. The van der Waals surface area contributed by atoms with Gasteiger partial charge in [-0.15, -0.1) is 0 Å². The topological polar surface area (TPSA) is 46.9 Å². The summed E-state index contributed by atoms with van der Waals surface area (Å²) in [7, 11) is 0. The van der Waals surface area contributed by atoms with Crippen LogP contribution < -0.4 is 5.32 Å². The Morgan fingerprint density at radius 2 is 1.76 bits per heavy atom. The van der Waals surface area contributed by atoms with Crippen molar-refractivity contribution in [3.8, 4) is 0 Å². The summed E-state index contributed by atoms with van der Waals surface area (Å²) >= 11 is 2.32. The lowest BCUT2D eigenvalue weighted by Crippen LogP contribution is -2.28. The average molecular weight is 491 g/mol. The van der Waals surface area contributed by atoms with Crippen LogP contribution in [0.2, 0.25) is 0 Å². The largest absolute Gasteiger partial charge is 0.329 e. The summed E-state index contributed by atoms with van der Waals surface area (Å²) in [4.78, 5) is 18.4. The molecule has 0 fully saturated rings. The molecule has 5 heteroatoms. The number of fused-ring (bicyclic) bond motifs is 3. The fourth-order valence-corrected chi connectivity index (χ4v) is 4.56. The van der Waals surface area contributed by atoms with Crippen LogP contribution in [0, 0.1) is 3.57 Å². The highest BCUT2D eigenvalue weighted by atomic mass is 127. The van der Waals surface area contributed by atoms with Crippen molar-refractivity contribution >= 4 is 45.4 Å². The zero-order valence-corrected chi connectivity index (χ0v) is 17.9. The number of nitrogens with one attached hydrogen (secondary N) is 1. The Balaban J connectivity index is 1.78. The van der Waals surface area contributed by atoms with E-state index in [9.17, 15) is 4.79 Å². The Hall–Kier alpha value is -2.93. The molecule has 0 bridgehead atoms. The fourth-order valence-electron chi connectivity index (χ4n) is 4.00. The molecule has 4 nitrogen and oxygen atoms in total. The quantitative estimate of drug-likeness (QED) is 0.291. The molecule has 0 saturated heterocycles. The molecule has 0 radical (unpaired) electrons. The van der Waals surface area contributed by atoms with E-state index in [-0.39, 0.29) is 11.8 Å². The minimum absolute atomic E-state index is 0.0305. The van der Waals surface area contributed by atoms with E-state index in [4.69, 9.17) is 4.98 Å². The number of aromatic nitrogens is 2. The van der Waals surface area contributed by atoms with Gasteiger partial charge >= 0.3 is 0 Å². The lowest BCUT2D eigenvalue weighted by molar-refractivity contribution is 0.102. The van der Waals surface area contributed by atoms with Gasteiger partial charge in [0, 0.05) is 20.4 Å². The van der Waals surface area contributed by atoms with Gasteiger partial charge < -0.3 is 5.32 Å².